The Kier molecular flexibility index (Phi) is 5.94. The second-order valence-corrected chi connectivity index (χ2v) is 7.75. The highest BCUT2D eigenvalue weighted by atomic mass is 32.1. The summed E-state index contributed by atoms with van der Waals surface area (Å²) >= 11 is 1.39. The molecule has 0 aliphatic rings. The Morgan fingerprint density at radius 1 is 1.16 bits per heavy atom. The zero-order valence-corrected chi connectivity index (χ0v) is 17.4. The highest BCUT2D eigenvalue weighted by molar-refractivity contribution is 7.13. The van der Waals surface area contributed by atoms with E-state index in [0.717, 1.165) is 20.3 Å². The number of fused-ring (bicyclic) bond motifs is 1. The molecule has 2 aromatic heterocycles. The summed E-state index contributed by atoms with van der Waals surface area (Å²) in [7, 11) is 0. The number of aromatic nitrogens is 2. The number of carbonyl (C=O) groups excluding carboxylic acids is 2. The van der Waals surface area contributed by atoms with Crippen LogP contribution in [0.3, 0.4) is 0 Å². The Bertz CT molecular complexity index is 1280. The molecule has 31 heavy (non-hydrogen) atoms. The van der Waals surface area contributed by atoms with E-state index in [1.165, 1.54) is 18.3 Å². The Morgan fingerprint density at radius 2 is 1.97 bits per heavy atom. The maximum absolute atomic E-state index is 12.4. The number of esters is 1. The molecule has 8 nitrogen and oxygen atoms in total. The van der Waals surface area contributed by atoms with Crippen LogP contribution < -0.4 is 11.1 Å². The summed E-state index contributed by atoms with van der Waals surface area (Å²) in [5.74, 6) is -1.51. The van der Waals surface area contributed by atoms with Crippen molar-refractivity contribution in [2.24, 2.45) is 0 Å². The van der Waals surface area contributed by atoms with Crippen LogP contribution in [0.15, 0.2) is 69.2 Å². The molecule has 158 valence electrons. The normalized spacial score (nSPS) is 11.9. The van der Waals surface area contributed by atoms with Gasteiger partial charge in [-0.3, -0.25) is 9.59 Å². The Labute approximate surface area is 181 Å². The minimum atomic E-state index is -0.991. The molecule has 0 saturated carbocycles. The number of hydrogen-bond donors (Lipinski definition) is 1. The fourth-order valence-electron chi connectivity index (χ4n) is 2.97. The SMILES string of the molecule is CC(OC(=O)CCn1nc(-c2cccs2)oc1=O)C(=O)Nc1ccc2ccccc2c1. The van der Waals surface area contributed by atoms with Gasteiger partial charge in [0.05, 0.1) is 17.8 Å². The van der Waals surface area contributed by atoms with Crippen molar-refractivity contribution in [3.63, 3.8) is 0 Å². The van der Waals surface area contributed by atoms with Gasteiger partial charge in [0.15, 0.2) is 6.10 Å². The maximum Gasteiger partial charge on any atom is 0.437 e. The fourth-order valence-corrected chi connectivity index (χ4v) is 3.61. The van der Waals surface area contributed by atoms with E-state index in [1.807, 2.05) is 47.8 Å². The van der Waals surface area contributed by atoms with Crippen LogP contribution in [-0.4, -0.2) is 27.8 Å². The fraction of sp³-hybridized carbons (Fsp3) is 0.182. The molecule has 0 fully saturated rings. The number of aryl methyl sites for hydroxylation is 1. The summed E-state index contributed by atoms with van der Waals surface area (Å²) in [5.41, 5.74) is 0.613. The Hall–Kier alpha value is -3.72. The van der Waals surface area contributed by atoms with Crippen LogP contribution in [0.2, 0.25) is 0 Å². The molecule has 1 unspecified atom stereocenters. The zero-order valence-electron chi connectivity index (χ0n) is 16.6. The molecule has 0 aliphatic heterocycles. The van der Waals surface area contributed by atoms with Crippen LogP contribution in [0.5, 0.6) is 0 Å². The van der Waals surface area contributed by atoms with Gasteiger partial charge in [0, 0.05) is 5.69 Å². The molecule has 9 heteroatoms. The molecule has 1 amide bonds. The van der Waals surface area contributed by atoms with Gasteiger partial charge in [-0.2, -0.15) is 4.68 Å². The summed E-state index contributed by atoms with van der Waals surface area (Å²) in [6.45, 7) is 1.48. The molecule has 0 aliphatic carbocycles. The summed E-state index contributed by atoms with van der Waals surface area (Å²) in [6.07, 6.45) is -1.11. The standard InChI is InChI=1S/C22H19N3O5S/c1-14(20(27)23-17-9-8-15-5-2-3-6-16(15)13-17)29-19(26)10-11-25-22(28)30-21(24-25)18-7-4-12-31-18/h2-9,12-14H,10-11H2,1H3,(H,23,27). The van der Waals surface area contributed by atoms with Gasteiger partial charge in [-0.25, -0.2) is 4.79 Å². The summed E-state index contributed by atoms with van der Waals surface area (Å²) in [5, 5.41) is 10.7. The first kappa shape index (κ1) is 20.5. The molecule has 1 atom stereocenters. The smallest absolute Gasteiger partial charge is 0.437 e. The average molecular weight is 437 g/mol. The van der Waals surface area contributed by atoms with E-state index in [4.69, 9.17) is 9.15 Å². The molecule has 0 radical (unpaired) electrons. The third kappa shape index (κ3) is 4.89. The van der Waals surface area contributed by atoms with Crippen molar-refractivity contribution >= 4 is 39.7 Å². The van der Waals surface area contributed by atoms with Gasteiger partial charge in [0.25, 0.3) is 11.8 Å². The summed E-state index contributed by atoms with van der Waals surface area (Å²) in [4.78, 5) is 37.1. The lowest BCUT2D eigenvalue weighted by Gasteiger charge is -2.14. The van der Waals surface area contributed by atoms with Gasteiger partial charge in [0.2, 0.25) is 0 Å². The van der Waals surface area contributed by atoms with Crippen LogP contribution in [0.25, 0.3) is 21.5 Å². The molecule has 2 aromatic carbocycles. The molecule has 1 N–H and O–H groups in total. The average Bonchev–Trinajstić information content (AvgIpc) is 3.42. The number of ether oxygens (including phenoxy) is 1. The number of thiophene rings is 1. The van der Waals surface area contributed by atoms with Crippen molar-refractivity contribution in [2.75, 3.05) is 5.32 Å². The van der Waals surface area contributed by atoms with E-state index in [9.17, 15) is 14.4 Å². The van der Waals surface area contributed by atoms with Gasteiger partial charge in [0.1, 0.15) is 0 Å². The van der Waals surface area contributed by atoms with Crippen LogP contribution in [0, 0.1) is 0 Å². The first-order valence-corrected chi connectivity index (χ1v) is 10.5. The predicted octanol–water partition coefficient (Wildman–Crippen LogP) is 3.68. The molecule has 0 saturated heterocycles. The van der Waals surface area contributed by atoms with E-state index in [1.54, 1.807) is 12.1 Å². The zero-order chi connectivity index (χ0) is 21.8. The molecule has 0 bridgehead atoms. The molecular formula is C22H19N3O5S. The first-order valence-electron chi connectivity index (χ1n) is 9.60. The van der Waals surface area contributed by atoms with Crippen molar-refractivity contribution < 1.29 is 18.7 Å². The third-order valence-electron chi connectivity index (χ3n) is 4.56. The highest BCUT2D eigenvalue weighted by Gasteiger charge is 2.19. The van der Waals surface area contributed by atoms with Crippen LogP contribution in [0.1, 0.15) is 13.3 Å². The van der Waals surface area contributed by atoms with E-state index in [0.29, 0.717) is 5.69 Å². The number of anilines is 1. The van der Waals surface area contributed by atoms with Crippen LogP contribution in [0.4, 0.5) is 5.69 Å². The summed E-state index contributed by atoms with van der Waals surface area (Å²) < 4.78 is 11.4. The van der Waals surface area contributed by atoms with E-state index in [2.05, 4.69) is 10.4 Å². The molecule has 4 rings (SSSR count). The van der Waals surface area contributed by atoms with Crippen molar-refractivity contribution in [3.8, 4) is 10.8 Å². The molecule has 2 heterocycles. The van der Waals surface area contributed by atoms with Crippen molar-refractivity contribution in [1.29, 1.82) is 0 Å². The quantitative estimate of drug-likeness (QED) is 0.443. The lowest BCUT2D eigenvalue weighted by molar-refractivity contribution is -0.153. The van der Waals surface area contributed by atoms with E-state index in [-0.39, 0.29) is 18.9 Å². The number of amides is 1. The summed E-state index contributed by atoms with van der Waals surface area (Å²) in [6, 6.07) is 16.9. The monoisotopic (exact) mass is 437 g/mol. The number of rotatable bonds is 7. The van der Waals surface area contributed by atoms with Gasteiger partial charge < -0.3 is 14.5 Å². The second kappa shape index (κ2) is 8.97. The van der Waals surface area contributed by atoms with Crippen molar-refractivity contribution in [3.05, 3.63) is 70.5 Å². The number of nitrogens with zero attached hydrogens (tertiary/aromatic N) is 2. The Morgan fingerprint density at radius 3 is 2.74 bits per heavy atom. The predicted molar refractivity (Wildman–Crippen MR) is 117 cm³/mol. The third-order valence-corrected chi connectivity index (χ3v) is 5.42. The van der Waals surface area contributed by atoms with Crippen molar-refractivity contribution in [1.82, 2.24) is 9.78 Å². The van der Waals surface area contributed by atoms with Crippen LogP contribution in [-0.2, 0) is 20.9 Å². The van der Waals surface area contributed by atoms with E-state index < -0.39 is 23.7 Å². The minimum absolute atomic E-state index is 0.00838. The van der Waals surface area contributed by atoms with Gasteiger partial charge >= 0.3 is 11.7 Å². The molecular weight excluding hydrogens is 418 g/mol. The molecule has 0 spiro atoms. The number of nitrogens with one attached hydrogen (secondary N) is 1. The van der Waals surface area contributed by atoms with Gasteiger partial charge in [-0.05, 0) is 41.3 Å². The minimum Gasteiger partial charge on any atom is -0.452 e. The maximum atomic E-state index is 12.4. The highest BCUT2D eigenvalue weighted by Crippen LogP contribution is 2.21. The topological polar surface area (TPSA) is 103 Å². The van der Waals surface area contributed by atoms with Crippen molar-refractivity contribution in [2.45, 2.75) is 26.0 Å². The van der Waals surface area contributed by atoms with Gasteiger partial charge in [-0.15, -0.1) is 16.4 Å². The van der Waals surface area contributed by atoms with Gasteiger partial charge in [-0.1, -0.05) is 36.4 Å². The first-order chi connectivity index (χ1) is 15.0. The number of hydrogen-bond acceptors (Lipinski definition) is 7. The van der Waals surface area contributed by atoms with E-state index >= 15 is 0 Å². The lowest BCUT2D eigenvalue weighted by atomic mass is 10.1. The Balaban J connectivity index is 1.30. The van der Waals surface area contributed by atoms with Crippen LogP contribution >= 0.6 is 11.3 Å². The molecule has 4 aromatic rings. The largest absolute Gasteiger partial charge is 0.452 e. The lowest BCUT2D eigenvalue weighted by Crippen LogP contribution is -2.30. The number of carbonyl (C=O) groups is 2. The second-order valence-electron chi connectivity index (χ2n) is 6.81. The number of benzene rings is 2.